The first kappa shape index (κ1) is 43.2. The molecule has 1 unspecified atom stereocenters. The predicted octanol–water partition coefficient (Wildman–Crippen LogP) is 3.26. The van der Waals surface area contributed by atoms with Crippen molar-refractivity contribution in [3.8, 4) is 11.1 Å². The van der Waals surface area contributed by atoms with Crippen molar-refractivity contribution in [2.75, 3.05) is 64.3 Å². The quantitative estimate of drug-likeness (QED) is 0.0820. The number of benzene rings is 3. The van der Waals surface area contributed by atoms with Gasteiger partial charge in [0.2, 0.25) is 17.7 Å². The summed E-state index contributed by atoms with van der Waals surface area (Å²) >= 11 is 0. The summed E-state index contributed by atoms with van der Waals surface area (Å²) in [5.41, 5.74) is 10.0. The number of nitrogens with zero attached hydrogens (tertiary/aromatic N) is 6. The van der Waals surface area contributed by atoms with Crippen molar-refractivity contribution in [1.82, 2.24) is 35.3 Å². The molecule has 3 fully saturated rings. The van der Waals surface area contributed by atoms with Crippen molar-refractivity contribution in [2.45, 2.75) is 50.7 Å². The first-order valence-electron chi connectivity index (χ1n) is 21.1. The number of ether oxygens (including phenoxy) is 1. The Morgan fingerprint density at radius 2 is 1.68 bits per heavy atom. The zero-order valence-corrected chi connectivity index (χ0v) is 34.6. The molecule has 0 saturated carbocycles. The fourth-order valence-corrected chi connectivity index (χ4v) is 8.29. The standard InChI is InChI=1S/C45H48F2N10O6/c46-35-19-27(20-36(47)34(35)25-56-15-17-63-18-16-56)31-3-1-4-37-42(31)53-38(24-52-37)28(22-48)23-51-29-9-13-55(14-10-29)26-41(59)50-12-2-11-49-30-5-6-32-33(21-30)45(62)57(44(32)61)39-7-8-40(58)54-43(39)60/h1,3-6,19-24,29,39,49H,2,7-18,25-26,48H2,(H,50,59)(H,54,58,60). The van der Waals surface area contributed by atoms with E-state index in [2.05, 4.69) is 25.8 Å². The van der Waals surface area contributed by atoms with Crippen molar-refractivity contribution in [2.24, 2.45) is 10.7 Å². The Morgan fingerprint density at radius 3 is 2.43 bits per heavy atom. The molecule has 0 bridgehead atoms. The Hall–Kier alpha value is -6.50. The minimum absolute atomic E-state index is 0.00405. The number of carbonyl (C=O) groups is 5. The SMILES string of the molecule is NC=C(C=NC1CCN(CC(=O)NCCCNc2ccc3c(c2)C(=O)N(C2CCC(=O)NC2=O)C3=O)CC1)c1cnc2cccc(-c3cc(F)c(CN4CCOCC4)c(F)c3)c2n1. The number of rotatable bonds is 14. The Balaban J connectivity index is 0.786. The lowest BCUT2D eigenvalue weighted by molar-refractivity contribution is -0.136. The minimum atomic E-state index is -1.02. The smallest absolute Gasteiger partial charge is 0.262 e. The monoisotopic (exact) mass is 862 g/mol. The summed E-state index contributed by atoms with van der Waals surface area (Å²) in [6.45, 7) is 4.98. The number of amides is 5. The summed E-state index contributed by atoms with van der Waals surface area (Å²) in [6.07, 6.45) is 6.89. The van der Waals surface area contributed by atoms with Crippen LogP contribution < -0.4 is 21.7 Å². The number of carbonyl (C=O) groups excluding carboxylic acids is 5. The second-order valence-electron chi connectivity index (χ2n) is 16.0. The highest BCUT2D eigenvalue weighted by molar-refractivity contribution is 6.23. The molecular formula is C45H48F2N10O6. The molecule has 4 aliphatic rings. The molecular weight excluding hydrogens is 815 g/mol. The Kier molecular flexibility index (Phi) is 13.2. The summed E-state index contributed by atoms with van der Waals surface area (Å²) in [5, 5.41) is 8.36. The molecule has 4 aromatic rings. The molecule has 18 heteroatoms. The third kappa shape index (κ3) is 9.77. The number of aliphatic imine (C=N–C) groups is 1. The van der Waals surface area contributed by atoms with Crippen LogP contribution in [0.1, 0.15) is 64.1 Å². The molecule has 3 aromatic carbocycles. The number of aromatic nitrogens is 2. The van der Waals surface area contributed by atoms with Crippen molar-refractivity contribution in [1.29, 1.82) is 0 Å². The first-order valence-corrected chi connectivity index (χ1v) is 21.1. The van der Waals surface area contributed by atoms with Gasteiger partial charge in [-0.1, -0.05) is 12.1 Å². The number of nitrogens with one attached hydrogen (secondary N) is 3. The van der Waals surface area contributed by atoms with E-state index in [-0.39, 0.29) is 54.6 Å². The fourth-order valence-electron chi connectivity index (χ4n) is 8.29. The summed E-state index contributed by atoms with van der Waals surface area (Å²) < 4.78 is 36.1. The van der Waals surface area contributed by atoms with Gasteiger partial charge in [-0.15, -0.1) is 0 Å². The van der Waals surface area contributed by atoms with Crippen LogP contribution in [0.25, 0.3) is 27.7 Å². The molecule has 3 saturated heterocycles. The Bertz CT molecular complexity index is 2480. The molecule has 8 rings (SSSR count). The van der Waals surface area contributed by atoms with Crippen molar-refractivity contribution in [3.05, 3.63) is 94.9 Å². The van der Waals surface area contributed by atoms with Crippen LogP contribution in [0, 0.1) is 11.6 Å². The van der Waals surface area contributed by atoms with E-state index in [1.54, 1.807) is 48.8 Å². The number of piperidine rings is 2. The molecule has 5 N–H and O–H groups in total. The molecule has 328 valence electrons. The maximum Gasteiger partial charge on any atom is 0.262 e. The summed E-state index contributed by atoms with van der Waals surface area (Å²) in [4.78, 5) is 81.9. The maximum atomic E-state index is 15.4. The van der Waals surface area contributed by atoms with Gasteiger partial charge >= 0.3 is 0 Å². The van der Waals surface area contributed by atoms with Crippen molar-refractivity contribution >= 4 is 58.0 Å². The van der Waals surface area contributed by atoms with Crippen LogP contribution in [0.3, 0.4) is 0 Å². The molecule has 1 aromatic heterocycles. The Labute approximate surface area is 361 Å². The normalized spacial score (nSPS) is 19.2. The first-order chi connectivity index (χ1) is 30.6. The maximum absolute atomic E-state index is 15.4. The lowest BCUT2D eigenvalue weighted by atomic mass is 10.0. The average Bonchev–Trinajstić information content (AvgIpc) is 3.53. The number of hydrogen-bond donors (Lipinski definition) is 4. The van der Waals surface area contributed by atoms with E-state index in [4.69, 9.17) is 20.4 Å². The third-order valence-electron chi connectivity index (χ3n) is 11.8. The molecule has 5 amide bonds. The number of nitrogens with two attached hydrogens (primary N) is 1. The van der Waals surface area contributed by atoms with Gasteiger partial charge in [0.1, 0.15) is 17.7 Å². The number of imide groups is 2. The van der Waals surface area contributed by atoms with Gasteiger partial charge in [-0.05, 0) is 67.6 Å². The van der Waals surface area contributed by atoms with E-state index < -0.39 is 41.3 Å². The summed E-state index contributed by atoms with van der Waals surface area (Å²) in [5.74, 6) is -3.56. The molecule has 63 heavy (non-hydrogen) atoms. The molecule has 5 heterocycles. The van der Waals surface area contributed by atoms with Gasteiger partial charge < -0.3 is 21.1 Å². The number of anilines is 1. The largest absolute Gasteiger partial charge is 0.404 e. The highest BCUT2D eigenvalue weighted by Crippen LogP contribution is 2.32. The number of para-hydroxylation sites is 1. The second-order valence-corrected chi connectivity index (χ2v) is 16.0. The number of morpholine rings is 1. The van der Waals surface area contributed by atoms with Crippen LogP contribution in [0.5, 0.6) is 0 Å². The topological polar surface area (TPSA) is 205 Å². The highest BCUT2D eigenvalue weighted by atomic mass is 19.1. The molecule has 0 spiro atoms. The van der Waals surface area contributed by atoms with E-state index in [0.717, 1.165) is 17.7 Å². The fraction of sp³-hybridized carbons (Fsp3) is 0.378. The van der Waals surface area contributed by atoms with Gasteiger partial charge in [-0.3, -0.25) is 54.0 Å². The number of allylic oxidation sites excluding steroid dienone is 1. The lowest BCUT2D eigenvalue weighted by Gasteiger charge is -2.29. The second kappa shape index (κ2) is 19.3. The lowest BCUT2D eigenvalue weighted by Crippen LogP contribution is -2.54. The molecule has 0 radical (unpaired) electrons. The van der Waals surface area contributed by atoms with E-state index in [1.807, 2.05) is 4.90 Å². The van der Waals surface area contributed by atoms with Crippen LogP contribution >= 0.6 is 0 Å². The van der Waals surface area contributed by atoms with Crippen molar-refractivity contribution < 1.29 is 37.5 Å². The van der Waals surface area contributed by atoms with Gasteiger partial charge in [0.15, 0.2) is 0 Å². The van der Waals surface area contributed by atoms with Gasteiger partial charge in [0, 0.05) is 87.0 Å². The van der Waals surface area contributed by atoms with Crippen LogP contribution in [0.2, 0.25) is 0 Å². The van der Waals surface area contributed by atoms with E-state index in [1.165, 1.54) is 18.3 Å². The van der Waals surface area contributed by atoms with Crippen LogP contribution in [-0.4, -0.2) is 132 Å². The van der Waals surface area contributed by atoms with Gasteiger partial charge in [-0.2, -0.15) is 0 Å². The molecule has 16 nitrogen and oxygen atoms in total. The highest BCUT2D eigenvalue weighted by Gasteiger charge is 2.44. The number of halogens is 2. The number of likely N-dealkylation sites (tertiary alicyclic amines) is 1. The van der Waals surface area contributed by atoms with Crippen molar-refractivity contribution in [3.63, 3.8) is 0 Å². The summed E-state index contributed by atoms with van der Waals surface area (Å²) in [6, 6.07) is 11.8. The molecule has 4 aliphatic heterocycles. The number of fused-ring (bicyclic) bond motifs is 2. The molecule has 1 atom stereocenters. The van der Waals surface area contributed by atoms with Crippen LogP contribution in [0.4, 0.5) is 14.5 Å². The summed E-state index contributed by atoms with van der Waals surface area (Å²) in [7, 11) is 0. The van der Waals surface area contributed by atoms with Gasteiger partial charge in [0.25, 0.3) is 11.8 Å². The third-order valence-corrected chi connectivity index (χ3v) is 11.8. The van der Waals surface area contributed by atoms with Gasteiger partial charge in [0.05, 0.1) is 59.9 Å². The molecule has 0 aliphatic carbocycles. The minimum Gasteiger partial charge on any atom is -0.404 e. The average molecular weight is 863 g/mol. The van der Waals surface area contributed by atoms with Gasteiger partial charge in [-0.25, -0.2) is 13.8 Å². The zero-order valence-electron chi connectivity index (χ0n) is 34.6. The van der Waals surface area contributed by atoms with E-state index in [9.17, 15) is 24.0 Å². The number of hydrogen-bond acceptors (Lipinski definition) is 13. The van der Waals surface area contributed by atoms with E-state index >= 15 is 8.78 Å². The van der Waals surface area contributed by atoms with Crippen LogP contribution in [-0.2, 0) is 25.7 Å². The Morgan fingerprint density at radius 1 is 0.921 bits per heavy atom. The van der Waals surface area contributed by atoms with E-state index in [0.29, 0.717) is 98.0 Å². The predicted molar refractivity (Wildman–Crippen MR) is 230 cm³/mol. The van der Waals surface area contributed by atoms with Crippen LogP contribution in [0.15, 0.2) is 65.9 Å². The zero-order chi connectivity index (χ0) is 44.0.